The van der Waals surface area contributed by atoms with E-state index in [0.717, 1.165) is 10.1 Å². The number of fused-ring (bicyclic) bond motifs is 1. The molecular weight excluding hydrogens is 404 g/mol. The molecule has 3 aromatic rings. The first-order valence-electron chi connectivity index (χ1n) is 8.47. The van der Waals surface area contributed by atoms with Crippen LogP contribution in [0, 0.1) is 0 Å². The van der Waals surface area contributed by atoms with Gasteiger partial charge in [-0.25, -0.2) is 8.42 Å². The fourth-order valence-corrected chi connectivity index (χ4v) is 5.71. The maximum atomic E-state index is 12.7. The first-order valence-corrected chi connectivity index (χ1v) is 11.1. The number of nitrogens with one attached hydrogen (secondary N) is 1. The van der Waals surface area contributed by atoms with E-state index in [0.29, 0.717) is 28.7 Å². The Bertz CT molecular complexity index is 1090. The number of hydrogen-bond acceptors (Lipinski definition) is 4. The van der Waals surface area contributed by atoms with Crippen LogP contribution in [-0.2, 0) is 10.0 Å². The van der Waals surface area contributed by atoms with Crippen LogP contribution in [0.2, 0.25) is 5.02 Å². The summed E-state index contributed by atoms with van der Waals surface area (Å²) in [6.07, 6.45) is 0. The molecule has 27 heavy (non-hydrogen) atoms. The zero-order valence-electron chi connectivity index (χ0n) is 14.9. The zero-order valence-corrected chi connectivity index (χ0v) is 17.3. The van der Waals surface area contributed by atoms with Gasteiger partial charge in [0, 0.05) is 28.9 Å². The van der Waals surface area contributed by atoms with Crippen LogP contribution < -0.4 is 5.32 Å². The van der Waals surface area contributed by atoms with E-state index in [4.69, 9.17) is 11.6 Å². The fraction of sp³-hybridized carbons (Fsp3) is 0.211. The average molecular weight is 423 g/mol. The number of thiophene rings is 1. The monoisotopic (exact) mass is 422 g/mol. The van der Waals surface area contributed by atoms with Crippen molar-refractivity contribution >= 4 is 54.6 Å². The highest BCUT2D eigenvalue weighted by atomic mass is 35.5. The number of carbonyl (C=O) groups is 1. The Balaban J connectivity index is 1.90. The highest BCUT2D eigenvalue weighted by Crippen LogP contribution is 2.35. The Kier molecular flexibility index (Phi) is 5.86. The number of amides is 1. The highest BCUT2D eigenvalue weighted by molar-refractivity contribution is 7.89. The number of sulfonamides is 1. The standard InChI is InChI=1S/C19H19ClN2O3S2/c1-3-22(4-2)27(24,25)14-9-7-8-13(12-14)21-19(23)18-17(20)15-10-5-6-11-16(15)26-18/h5-12H,3-4H2,1-2H3,(H,21,23). The number of benzene rings is 2. The average Bonchev–Trinajstić information content (AvgIpc) is 3.00. The molecule has 0 saturated carbocycles. The molecule has 2 aromatic carbocycles. The summed E-state index contributed by atoms with van der Waals surface area (Å²) in [6, 6.07) is 13.8. The lowest BCUT2D eigenvalue weighted by Crippen LogP contribution is -2.30. The van der Waals surface area contributed by atoms with Crippen molar-refractivity contribution in [2.24, 2.45) is 0 Å². The van der Waals surface area contributed by atoms with Crippen LogP contribution in [0.1, 0.15) is 23.5 Å². The number of nitrogens with zero attached hydrogens (tertiary/aromatic N) is 1. The van der Waals surface area contributed by atoms with Crippen molar-refractivity contribution in [3.05, 3.63) is 58.4 Å². The summed E-state index contributed by atoms with van der Waals surface area (Å²) in [4.78, 5) is 13.2. The van der Waals surface area contributed by atoms with Crippen LogP contribution in [0.5, 0.6) is 0 Å². The summed E-state index contributed by atoms with van der Waals surface area (Å²) in [6.45, 7) is 4.34. The number of hydrogen-bond donors (Lipinski definition) is 1. The van der Waals surface area contributed by atoms with Gasteiger partial charge in [0.15, 0.2) is 0 Å². The minimum absolute atomic E-state index is 0.145. The molecule has 1 heterocycles. The third-order valence-corrected chi connectivity index (χ3v) is 7.90. The molecule has 142 valence electrons. The zero-order chi connectivity index (χ0) is 19.6. The fourth-order valence-electron chi connectivity index (χ4n) is 2.79. The van der Waals surface area contributed by atoms with Crippen LogP contribution in [0.25, 0.3) is 10.1 Å². The first kappa shape index (κ1) is 19.8. The number of carbonyl (C=O) groups excluding carboxylic acids is 1. The molecule has 0 saturated heterocycles. The van der Waals surface area contributed by atoms with Gasteiger partial charge in [0.05, 0.1) is 9.92 Å². The molecule has 5 nitrogen and oxygen atoms in total. The second-order valence-corrected chi connectivity index (χ2v) is 9.18. The van der Waals surface area contributed by atoms with Gasteiger partial charge in [-0.15, -0.1) is 11.3 Å². The molecule has 0 aliphatic rings. The van der Waals surface area contributed by atoms with Gasteiger partial charge in [0.25, 0.3) is 5.91 Å². The Morgan fingerprint density at radius 2 is 1.81 bits per heavy atom. The molecule has 1 N–H and O–H groups in total. The molecule has 0 bridgehead atoms. The second-order valence-electron chi connectivity index (χ2n) is 5.81. The second kappa shape index (κ2) is 7.98. The molecule has 0 atom stereocenters. The van der Waals surface area contributed by atoms with Crippen LogP contribution in [0.4, 0.5) is 5.69 Å². The van der Waals surface area contributed by atoms with Crippen molar-refractivity contribution in [3.63, 3.8) is 0 Å². The van der Waals surface area contributed by atoms with Gasteiger partial charge in [0.1, 0.15) is 4.88 Å². The van der Waals surface area contributed by atoms with E-state index in [9.17, 15) is 13.2 Å². The molecule has 0 aliphatic carbocycles. The first-order chi connectivity index (χ1) is 12.9. The predicted molar refractivity (Wildman–Crippen MR) is 111 cm³/mol. The van der Waals surface area contributed by atoms with E-state index >= 15 is 0 Å². The van der Waals surface area contributed by atoms with Crippen LogP contribution in [0.3, 0.4) is 0 Å². The summed E-state index contributed by atoms with van der Waals surface area (Å²) >= 11 is 7.65. The number of halogens is 1. The summed E-state index contributed by atoms with van der Waals surface area (Å²) in [5.41, 5.74) is 0.404. The van der Waals surface area contributed by atoms with Crippen molar-refractivity contribution in [2.75, 3.05) is 18.4 Å². The van der Waals surface area contributed by atoms with E-state index in [-0.39, 0.29) is 10.8 Å². The molecule has 0 radical (unpaired) electrons. The van der Waals surface area contributed by atoms with E-state index < -0.39 is 10.0 Å². The van der Waals surface area contributed by atoms with Crippen molar-refractivity contribution in [3.8, 4) is 0 Å². The van der Waals surface area contributed by atoms with E-state index in [2.05, 4.69) is 5.32 Å². The molecule has 0 unspecified atom stereocenters. The van der Waals surface area contributed by atoms with Gasteiger partial charge in [-0.3, -0.25) is 4.79 Å². The lowest BCUT2D eigenvalue weighted by molar-refractivity contribution is 0.103. The van der Waals surface area contributed by atoms with E-state index in [1.165, 1.54) is 27.8 Å². The van der Waals surface area contributed by atoms with Gasteiger partial charge < -0.3 is 5.32 Å². The molecule has 8 heteroatoms. The minimum atomic E-state index is -3.59. The van der Waals surface area contributed by atoms with Crippen molar-refractivity contribution in [1.29, 1.82) is 0 Å². The summed E-state index contributed by atoms with van der Waals surface area (Å²) in [5, 5.41) is 3.98. The SMILES string of the molecule is CCN(CC)S(=O)(=O)c1cccc(NC(=O)c2sc3ccccc3c2Cl)c1. The molecule has 0 fully saturated rings. The van der Waals surface area contributed by atoms with E-state index in [1.54, 1.807) is 26.0 Å². The quantitative estimate of drug-likeness (QED) is 0.618. The lowest BCUT2D eigenvalue weighted by Gasteiger charge is -2.18. The van der Waals surface area contributed by atoms with Gasteiger partial charge in [0.2, 0.25) is 10.0 Å². The predicted octanol–water partition coefficient (Wildman–Crippen LogP) is 4.84. The Morgan fingerprint density at radius 3 is 2.48 bits per heavy atom. The highest BCUT2D eigenvalue weighted by Gasteiger charge is 2.22. The lowest BCUT2D eigenvalue weighted by atomic mass is 10.2. The minimum Gasteiger partial charge on any atom is -0.321 e. The third kappa shape index (κ3) is 3.87. The Hall–Kier alpha value is -1.93. The maximum Gasteiger partial charge on any atom is 0.267 e. The van der Waals surface area contributed by atoms with Gasteiger partial charge >= 0.3 is 0 Å². The molecule has 3 rings (SSSR count). The summed E-state index contributed by atoms with van der Waals surface area (Å²) < 4.78 is 27.6. The Labute approximate surface area is 167 Å². The molecule has 0 spiro atoms. The molecule has 1 aromatic heterocycles. The molecule has 0 aliphatic heterocycles. The van der Waals surface area contributed by atoms with Crippen molar-refractivity contribution < 1.29 is 13.2 Å². The largest absolute Gasteiger partial charge is 0.321 e. The van der Waals surface area contributed by atoms with Gasteiger partial charge in [-0.05, 0) is 24.3 Å². The summed E-state index contributed by atoms with van der Waals surface area (Å²) in [7, 11) is -3.59. The third-order valence-electron chi connectivity index (χ3n) is 4.18. The smallest absolute Gasteiger partial charge is 0.267 e. The van der Waals surface area contributed by atoms with Gasteiger partial charge in [-0.1, -0.05) is 49.7 Å². The molecular formula is C19H19ClN2O3S2. The normalized spacial score (nSPS) is 11.9. The van der Waals surface area contributed by atoms with Crippen LogP contribution >= 0.6 is 22.9 Å². The summed E-state index contributed by atoms with van der Waals surface area (Å²) in [5.74, 6) is -0.362. The topological polar surface area (TPSA) is 66.5 Å². The van der Waals surface area contributed by atoms with E-state index in [1.807, 2.05) is 24.3 Å². The van der Waals surface area contributed by atoms with Gasteiger partial charge in [-0.2, -0.15) is 4.31 Å². The number of anilines is 1. The number of rotatable bonds is 6. The molecule has 1 amide bonds. The Morgan fingerprint density at radius 1 is 1.11 bits per heavy atom. The maximum absolute atomic E-state index is 12.7. The van der Waals surface area contributed by atoms with Crippen molar-refractivity contribution in [2.45, 2.75) is 18.7 Å². The van der Waals surface area contributed by atoms with Crippen LogP contribution in [0.15, 0.2) is 53.4 Å². The van der Waals surface area contributed by atoms with Crippen molar-refractivity contribution in [1.82, 2.24) is 4.31 Å². The van der Waals surface area contributed by atoms with Crippen LogP contribution in [-0.4, -0.2) is 31.7 Å².